The van der Waals surface area contributed by atoms with Gasteiger partial charge in [0.25, 0.3) is 5.96 Å². The lowest BCUT2D eigenvalue weighted by Crippen LogP contribution is -2.83. The molecule has 142 valence electrons. The SMILES string of the molecule is COc1nc(N=C(N)/[NH+]=C(\N)Nc2ccccc2)cc(Nc2ccccc2)n1. The van der Waals surface area contributed by atoms with E-state index in [4.69, 9.17) is 16.2 Å². The van der Waals surface area contributed by atoms with Gasteiger partial charge in [-0.2, -0.15) is 9.97 Å². The summed E-state index contributed by atoms with van der Waals surface area (Å²) in [7, 11) is 1.48. The third kappa shape index (κ3) is 5.43. The first-order chi connectivity index (χ1) is 13.6. The van der Waals surface area contributed by atoms with E-state index in [1.807, 2.05) is 60.7 Å². The molecule has 0 saturated carbocycles. The maximum Gasteiger partial charge on any atom is 0.320 e. The van der Waals surface area contributed by atoms with Crippen LogP contribution in [0.2, 0.25) is 0 Å². The van der Waals surface area contributed by atoms with Crippen molar-refractivity contribution in [1.29, 1.82) is 0 Å². The van der Waals surface area contributed by atoms with E-state index < -0.39 is 0 Å². The molecule has 0 aliphatic rings. The van der Waals surface area contributed by atoms with Crippen LogP contribution in [0.5, 0.6) is 6.01 Å². The summed E-state index contributed by atoms with van der Waals surface area (Å²) in [6, 6.07) is 20.8. The van der Waals surface area contributed by atoms with Crippen molar-refractivity contribution in [3.05, 3.63) is 66.7 Å². The number of aromatic nitrogens is 2. The second-order valence-electron chi connectivity index (χ2n) is 5.62. The highest BCUT2D eigenvalue weighted by Gasteiger charge is 2.08. The normalized spacial score (nSPS) is 11.8. The molecule has 0 unspecified atom stereocenters. The summed E-state index contributed by atoms with van der Waals surface area (Å²) in [6.45, 7) is 0. The Morgan fingerprint density at radius 1 is 0.964 bits per heavy atom. The van der Waals surface area contributed by atoms with Crippen LogP contribution in [0.1, 0.15) is 0 Å². The van der Waals surface area contributed by atoms with E-state index in [2.05, 4.69) is 30.6 Å². The highest BCUT2D eigenvalue weighted by Crippen LogP contribution is 2.21. The van der Waals surface area contributed by atoms with Crippen molar-refractivity contribution >= 4 is 34.9 Å². The van der Waals surface area contributed by atoms with E-state index in [1.165, 1.54) is 7.11 Å². The molecule has 0 saturated heterocycles. The first-order valence-corrected chi connectivity index (χ1v) is 8.43. The fourth-order valence-corrected chi connectivity index (χ4v) is 2.29. The Balaban J connectivity index is 1.79. The molecule has 0 fully saturated rings. The minimum absolute atomic E-state index is 0.0624. The zero-order valence-electron chi connectivity index (χ0n) is 15.3. The summed E-state index contributed by atoms with van der Waals surface area (Å²) in [4.78, 5) is 15.4. The van der Waals surface area contributed by atoms with Crippen LogP contribution in [0.3, 0.4) is 0 Å². The Morgan fingerprint density at radius 2 is 1.61 bits per heavy atom. The number of para-hydroxylation sites is 2. The number of ether oxygens (including phenoxy) is 1. The molecule has 1 heterocycles. The number of rotatable bonds is 5. The van der Waals surface area contributed by atoms with E-state index in [0.717, 1.165) is 11.4 Å². The van der Waals surface area contributed by atoms with Crippen LogP contribution < -0.4 is 31.8 Å². The summed E-state index contributed by atoms with van der Waals surface area (Å²) < 4.78 is 5.14. The second kappa shape index (κ2) is 8.99. The topological polar surface area (TPSA) is 137 Å². The second-order valence-corrected chi connectivity index (χ2v) is 5.62. The van der Waals surface area contributed by atoms with Crippen LogP contribution in [-0.4, -0.2) is 29.0 Å². The molecule has 3 rings (SSSR count). The number of aliphatic imine (C=N–C) groups is 1. The summed E-state index contributed by atoms with van der Waals surface area (Å²) in [5.41, 5.74) is 13.5. The van der Waals surface area contributed by atoms with Crippen molar-refractivity contribution in [2.75, 3.05) is 17.7 Å². The van der Waals surface area contributed by atoms with E-state index in [1.54, 1.807) is 6.07 Å². The molecule has 0 bridgehead atoms. The lowest BCUT2D eigenvalue weighted by Gasteiger charge is -2.07. The fraction of sp³-hybridized carbons (Fsp3) is 0.0526. The minimum Gasteiger partial charge on any atom is -0.467 e. The Labute approximate surface area is 162 Å². The van der Waals surface area contributed by atoms with Gasteiger partial charge in [0, 0.05) is 11.8 Å². The lowest BCUT2D eigenvalue weighted by molar-refractivity contribution is -0.319. The average Bonchev–Trinajstić information content (AvgIpc) is 2.69. The lowest BCUT2D eigenvalue weighted by atomic mass is 10.3. The quantitative estimate of drug-likeness (QED) is 0.326. The monoisotopic (exact) mass is 377 g/mol. The molecule has 3 aromatic rings. The van der Waals surface area contributed by atoms with Crippen molar-refractivity contribution in [3.63, 3.8) is 0 Å². The van der Waals surface area contributed by atoms with Gasteiger partial charge in [0.2, 0.25) is 5.82 Å². The maximum atomic E-state index is 5.93. The molecular formula is C19H21N8O+. The predicted molar refractivity (Wildman–Crippen MR) is 110 cm³/mol. The van der Waals surface area contributed by atoms with Gasteiger partial charge in [-0.1, -0.05) is 36.4 Å². The van der Waals surface area contributed by atoms with Crippen LogP contribution in [0.15, 0.2) is 71.7 Å². The van der Waals surface area contributed by atoms with Gasteiger partial charge < -0.3 is 21.5 Å². The predicted octanol–water partition coefficient (Wildman–Crippen LogP) is 0.682. The summed E-state index contributed by atoms with van der Waals surface area (Å²) in [5.74, 6) is 1.12. The van der Waals surface area contributed by atoms with Crippen molar-refractivity contribution in [2.24, 2.45) is 16.5 Å². The summed E-state index contributed by atoms with van der Waals surface area (Å²) in [6.07, 6.45) is 0. The Hall–Kier alpha value is -4.14. The van der Waals surface area contributed by atoms with E-state index >= 15 is 0 Å². The number of anilines is 3. The average molecular weight is 377 g/mol. The molecule has 0 aliphatic heterocycles. The number of benzene rings is 2. The van der Waals surface area contributed by atoms with E-state index in [0.29, 0.717) is 11.6 Å². The Kier molecular flexibility index (Phi) is 5.99. The van der Waals surface area contributed by atoms with Gasteiger partial charge in [-0.05, 0) is 24.3 Å². The van der Waals surface area contributed by atoms with Crippen molar-refractivity contribution in [1.82, 2.24) is 9.97 Å². The number of nitrogens with two attached hydrogens (primary N) is 2. The van der Waals surface area contributed by atoms with Gasteiger partial charge in [0.15, 0.2) is 0 Å². The van der Waals surface area contributed by atoms with Crippen molar-refractivity contribution in [3.8, 4) is 6.01 Å². The molecule has 28 heavy (non-hydrogen) atoms. The molecule has 9 heteroatoms. The molecule has 9 nitrogen and oxygen atoms in total. The smallest absolute Gasteiger partial charge is 0.320 e. The number of methoxy groups -OCH3 is 1. The fourth-order valence-electron chi connectivity index (χ4n) is 2.29. The molecule has 2 aromatic carbocycles. The van der Waals surface area contributed by atoms with Gasteiger partial charge in [0.05, 0.1) is 12.8 Å². The molecule has 0 amide bonds. The minimum atomic E-state index is 0.0624. The Bertz CT molecular complexity index is 974. The number of nitrogens with one attached hydrogen (secondary N) is 3. The Morgan fingerprint density at radius 3 is 2.25 bits per heavy atom. The molecule has 7 N–H and O–H groups in total. The molecule has 0 aliphatic carbocycles. The van der Waals surface area contributed by atoms with E-state index in [-0.39, 0.29) is 17.9 Å². The molecular weight excluding hydrogens is 356 g/mol. The maximum absolute atomic E-state index is 5.93. The zero-order valence-corrected chi connectivity index (χ0v) is 15.3. The van der Waals surface area contributed by atoms with Gasteiger partial charge in [-0.25, -0.2) is 4.99 Å². The number of nitrogens with zero attached hydrogens (tertiary/aromatic N) is 3. The molecule has 0 atom stereocenters. The van der Waals surface area contributed by atoms with Crippen LogP contribution in [0, 0.1) is 0 Å². The highest BCUT2D eigenvalue weighted by molar-refractivity contribution is 5.91. The van der Waals surface area contributed by atoms with Crippen LogP contribution in [-0.2, 0) is 0 Å². The van der Waals surface area contributed by atoms with E-state index in [9.17, 15) is 0 Å². The van der Waals surface area contributed by atoms with Crippen molar-refractivity contribution < 1.29 is 9.73 Å². The van der Waals surface area contributed by atoms with Crippen LogP contribution >= 0.6 is 0 Å². The standard InChI is InChI=1S/C19H20N8O/c1-28-19-25-15(22-13-8-4-2-5-9-13)12-16(26-19)24-18(21)27-17(20)23-14-10-6-3-7-11-14/h2-12H,1H3,(H6,20,21,22,23,24,25,26,27)/p+1. The van der Waals surface area contributed by atoms with Gasteiger partial charge >= 0.3 is 12.0 Å². The van der Waals surface area contributed by atoms with Crippen LogP contribution in [0.25, 0.3) is 0 Å². The first kappa shape index (κ1) is 18.6. The van der Waals surface area contributed by atoms with Gasteiger partial charge in [0.1, 0.15) is 5.82 Å². The molecule has 1 aromatic heterocycles. The number of guanidine groups is 2. The first-order valence-electron chi connectivity index (χ1n) is 8.43. The summed E-state index contributed by atoms with van der Waals surface area (Å²) >= 11 is 0. The molecule has 0 spiro atoms. The summed E-state index contributed by atoms with van der Waals surface area (Å²) in [5, 5.41) is 6.14. The largest absolute Gasteiger partial charge is 0.467 e. The van der Waals surface area contributed by atoms with Gasteiger partial charge in [-0.3, -0.25) is 5.32 Å². The molecule has 0 radical (unpaired) electrons. The van der Waals surface area contributed by atoms with Gasteiger partial charge in [-0.15, -0.1) is 4.99 Å². The number of hydrogen-bond acceptors (Lipinski definition) is 5. The third-order valence-electron chi connectivity index (χ3n) is 3.47. The zero-order chi connectivity index (χ0) is 19.8. The van der Waals surface area contributed by atoms with Crippen LogP contribution in [0.4, 0.5) is 23.0 Å². The van der Waals surface area contributed by atoms with Crippen molar-refractivity contribution in [2.45, 2.75) is 0 Å². The highest BCUT2D eigenvalue weighted by atomic mass is 16.5. The number of hydrogen-bond donors (Lipinski definition) is 5. The third-order valence-corrected chi connectivity index (χ3v) is 3.47.